The molecule has 3 aliphatic rings. The molecule has 1 aliphatic carbocycles. The topological polar surface area (TPSA) is 78.3 Å². The van der Waals surface area contributed by atoms with Crippen LogP contribution >= 0.6 is 45.8 Å². The van der Waals surface area contributed by atoms with Gasteiger partial charge in [-0.15, -0.1) is 0 Å². The van der Waals surface area contributed by atoms with Crippen molar-refractivity contribution in [2.45, 2.75) is 64.6 Å². The lowest BCUT2D eigenvalue weighted by Gasteiger charge is -2.38. The quantitative estimate of drug-likeness (QED) is 0.275. The highest BCUT2D eigenvalue weighted by Crippen LogP contribution is 2.46. The van der Waals surface area contributed by atoms with Crippen molar-refractivity contribution in [2.24, 2.45) is 5.92 Å². The molecule has 3 fully saturated rings. The van der Waals surface area contributed by atoms with Gasteiger partial charge in [0.1, 0.15) is 11.1 Å². The van der Waals surface area contributed by atoms with E-state index in [2.05, 4.69) is 39.0 Å². The molecule has 2 saturated heterocycles. The summed E-state index contributed by atoms with van der Waals surface area (Å²) in [5.74, 6) is -0.228. The van der Waals surface area contributed by atoms with E-state index in [1.165, 1.54) is 0 Å². The van der Waals surface area contributed by atoms with Gasteiger partial charge in [-0.05, 0) is 80.8 Å². The Balaban J connectivity index is 1.59. The van der Waals surface area contributed by atoms with Gasteiger partial charge < -0.3 is 15.0 Å². The van der Waals surface area contributed by atoms with E-state index in [0.717, 1.165) is 15.7 Å². The van der Waals surface area contributed by atoms with Gasteiger partial charge in [0.2, 0.25) is 0 Å². The van der Waals surface area contributed by atoms with Crippen LogP contribution in [-0.4, -0.2) is 40.2 Å². The molecular formula is C29H28Cl2FIN4O2. The molecule has 6 nitrogen and oxygen atoms in total. The second-order valence-electron chi connectivity index (χ2n) is 11.1. The molecule has 2 aromatic carbocycles. The molecule has 2 bridgehead atoms. The van der Waals surface area contributed by atoms with Crippen molar-refractivity contribution in [3.05, 3.63) is 55.0 Å². The van der Waals surface area contributed by atoms with Crippen molar-refractivity contribution < 1.29 is 13.9 Å². The van der Waals surface area contributed by atoms with Crippen LogP contribution in [0.1, 0.15) is 44.9 Å². The van der Waals surface area contributed by atoms with Crippen LogP contribution in [0, 0.1) is 33.6 Å². The lowest BCUT2D eigenvalue weighted by atomic mass is 9.79. The van der Waals surface area contributed by atoms with Crippen molar-refractivity contribution in [3.63, 3.8) is 0 Å². The van der Waals surface area contributed by atoms with Gasteiger partial charge in [0, 0.05) is 35.4 Å². The second kappa shape index (κ2) is 10.6. The Hall–Kier alpha value is -2.35. The predicted molar refractivity (Wildman–Crippen MR) is 161 cm³/mol. The summed E-state index contributed by atoms with van der Waals surface area (Å²) in [6, 6.07) is 9.19. The van der Waals surface area contributed by atoms with Crippen LogP contribution in [0.2, 0.25) is 10.0 Å². The average molecular weight is 681 g/mol. The third kappa shape index (κ3) is 5.14. The molecule has 1 N–H and O–H groups in total. The molecule has 3 atom stereocenters. The number of pyridine rings is 1. The molecule has 3 aromatic rings. The van der Waals surface area contributed by atoms with Crippen LogP contribution in [0.3, 0.4) is 0 Å². The number of hydrogen-bond donors (Lipinski definition) is 1. The van der Waals surface area contributed by atoms with Gasteiger partial charge in [-0.1, -0.05) is 35.3 Å². The number of anilines is 1. The Morgan fingerprint density at radius 3 is 2.79 bits per heavy atom. The predicted octanol–water partition coefficient (Wildman–Crippen LogP) is 8.14. The van der Waals surface area contributed by atoms with Crippen LogP contribution in [0.25, 0.3) is 22.0 Å². The number of benzene rings is 2. The van der Waals surface area contributed by atoms with Crippen molar-refractivity contribution in [3.8, 4) is 17.2 Å². The summed E-state index contributed by atoms with van der Waals surface area (Å²) < 4.78 is 22.9. The van der Waals surface area contributed by atoms with Crippen LogP contribution in [0.4, 0.5) is 14.9 Å². The number of rotatable bonds is 5. The number of hydrogen-bond acceptors (Lipinski definition) is 5. The van der Waals surface area contributed by atoms with Crippen molar-refractivity contribution in [1.29, 1.82) is 5.26 Å². The summed E-state index contributed by atoms with van der Waals surface area (Å²) in [6.07, 6.45) is 1.14. The Labute approximate surface area is 250 Å². The van der Waals surface area contributed by atoms with Crippen molar-refractivity contribution in [1.82, 2.24) is 9.88 Å². The number of aromatic nitrogens is 1. The number of carbonyl (C=O) groups is 1. The summed E-state index contributed by atoms with van der Waals surface area (Å²) >= 11 is 15.0. The Bertz CT molecular complexity index is 1530. The number of nitriles is 1. The Morgan fingerprint density at radius 1 is 1.36 bits per heavy atom. The minimum atomic E-state index is -0.568. The number of nitrogens with one attached hydrogen (secondary N) is 1. The normalized spacial score (nSPS) is 20.1. The third-order valence-electron chi connectivity index (χ3n) is 7.37. The van der Waals surface area contributed by atoms with Gasteiger partial charge in [0.15, 0.2) is 5.82 Å². The van der Waals surface area contributed by atoms with Crippen LogP contribution in [0.15, 0.2) is 24.3 Å². The minimum Gasteiger partial charge on any atom is -0.444 e. The SMILES string of the molecule is Cc1nc2c(F)c(-c3cccc(Cl)c3Cl)c(CCC#N)cc2c(NC2C3CC2N(C(=O)OC(C)(C)C)C3)c1I. The first kappa shape index (κ1) is 28.2. The van der Waals surface area contributed by atoms with Crippen LogP contribution in [0.5, 0.6) is 0 Å². The van der Waals surface area contributed by atoms with E-state index in [-0.39, 0.29) is 41.1 Å². The van der Waals surface area contributed by atoms with Gasteiger partial charge in [-0.3, -0.25) is 0 Å². The first-order valence-electron chi connectivity index (χ1n) is 12.8. The summed E-state index contributed by atoms with van der Waals surface area (Å²) in [4.78, 5) is 19.2. The van der Waals surface area contributed by atoms with E-state index in [0.29, 0.717) is 45.8 Å². The highest BCUT2D eigenvalue weighted by molar-refractivity contribution is 14.1. The number of fused-ring (bicyclic) bond motifs is 2. The van der Waals surface area contributed by atoms with Gasteiger partial charge >= 0.3 is 6.09 Å². The summed E-state index contributed by atoms with van der Waals surface area (Å²) in [6.45, 7) is 8.05. The number of aryl methyl sites for hydroxylation is 2. The molecule has 1 amide bonds. The molecule has 39 heavy (non-hydrogen) atoms. The summed E-state index contributed by atoms with van der Waals surface area (Å²) in [7, 11) is 0. The molecular weight excluding hydrogens is 653 g/mol. The van der Waals surface area contributed by atoms with E-state index in [4.69, 9.17) is 27.9 Å². The fourth-order valence-electron chi connectivity index (χ4n) is 5.56. The smallest absolute Gasteiger partial charge is 0.410 e. The third-order valence-corrected chi connectivity index (χ3v) is 9.51. The molecule has 6 rings (SSSR count). The van der Waals surface area contributed by atoms with E-state index in [1.54, 1.807) is 23.1 Å². The molecule has 2 aliphatic heterocycles. The molecule has 10 heteroatoms. The lowest BCUT2D eigenvalue weighted by molar-refractivity contribution is 0.0239. The van der Waals surface area contributed by atoms with Gasteiger partial charge in [-0.2, -0.15) is 5.26 Å². The maximum absolute atomic E-state index is 16.4. The standard InChI is InChI=1S/C29H28Cl2FIN4O2/c1-14-24(33)27(36-25-16-12-20(25)37(13-16)28(38)39-29(2,3)4)18-11-15(7-6-10-34)21(23(32)26(18)35-14)17-8-5-9-19(30)22(17)31/h5,8-9,11,16,20,25H,6-7,12-13H2,1-4H3,(H,35,36). The molecule has 1 saturated carbocycles. The maximum Gasteiger partial charge on any atom is 0.410 e. The van der Waals surface area contributed by atoms with E-state index < -0.39 is 11.4 Å². The summed E-state index contributed by atoms with van der Waals surface area (Å²) in [5.41, 5.74) is 2.55. The van der Waals surface area contributed by atoms with E-state index in [9.17, 15) is 10.1 Å². The Morgan fingerprint density at radius 2 is 2.10 bits per heavy atom. The highest BCUT2D eigenvalue weighted by Gasteiger charge is 2.55. The van der Waals surface area contributed by atoms with E-state index in [1.807, 2.05) is 33.8 Å². The van der Waals surface area contributed by atoms with Gasteiger partial charge in [-0.25, -0.2) is 14.2 Å². The molecule has 204 valence electrons. The zero-order valence-corrected chi connectivity index (χ0v) is 25.7. The maximum atomic E-state index is 16.4. The van der Waals surface area contributed by atoms with Crippen LogP contribution in [-0.2, 0) is 11.2 Å². The Kier molecular flexibility index (Phi) is 7.64. The first-order valence-corrected chi connectivity index (χ1v) is 14.6. The monoisotopic (exact) mass is 680 g/mol. The average Bonchev–Trinajstić information content (AvgIpc) is 3.46. The number of ether oxygens (including phenoxy) is 1. The summed E-state index contributed by atoms with van der Waals surface area (Å²) in [5, 5.41) is 14.2. The minimum absolute atomic E-state index is 0.00313. The number of halogens is 4. The first-order chi connectivity index (χ1) is 18.4. The number of amides is 1. The highest BCUT2D eigenvalue weighted by atomic mass is 127. The van der Waals surface area contributed by atoms with Gasteiger partial charge in [0.25, 0.3) is 0 Å². The fraction of sp³-hybridized carbons (Fsp3) is 0.414. The van der Waals surface area contributed by atoms with Crippen molar-refractivity contribution >= 4 is 68.5 Å². The van der Waals surface area contributed by atoms with Crippen molar-refractivity contribution in [2.75, 3.05) is 11.9 Å². The molecule has 0 spiro atoms. The molecule has 3 heterocycles. The zero-order chi connectivity index (χ0) is 28.2. The fourth-order valence-corrected chi connectivity index (χ4v) is 6.52. The largest absolute Gasteiger partial charge is 0.444 e. The number of carbonyl (C=O) groups excluding carboxylic acids is 1. The van der Waals surface area contributed by atoms with Gasteiger partial charge in [0.05, 0.1) is 43.1 Å². The number of nitrogens with zero attached hydrogens (tertiary/aromatic N) is 3. The van der Waals surface area contributed by atoms with Crippen LogP contribution < -0.4 is 5.32 Å². The molecule has 3 unspecified atom stereocenters. The van der Waals surface area contributed by atoms with E-state index >= 15 is 4.39 Å². The molecule has 0 radical (unpaired) electrons. The zero-order valence-electron chi connectivity index (χ0n) is 22.0. The lowest BCUT2D eigenvalue weighted by Crippen LogP contribution is -2.50. The molecule has 1 aromatic heterocycles. The second-order valence-corrected chi connectivity index (χ2v) is 13.0.